The fraction of sp³-hybridized carbons (Fsp3) is 0.300. The number of nitrogens with one attached hydrogen (secondary N) is 2. The van der Waals surface area contributed by atoms with E-state index in [4.69, 9.17) is 0 Å². The number of rotatable bonds is 4. The van der Waals surface area contributed by atoms with Gasteiger partial charge < -0.3 is 10.6 Å². The fourth-order valence-corrected chi connectivity index (χ4v) is 3.04. The van der Waals surface area contributed by atoms with Gasteiger partial charge in [0.1, 0.15) is 0 Å². The number of imidazole rings is 1. The van der Waals surface area contributed by atoms with Gasteiger partial charge in [-0.2, -0.15) is 0 Å². The smallest absolute Gasteiger partial charge is 0.214 e. The fourth-order valence-electron chi connectivity index (χ4n) is 1.55. The summed E-state index contributed by atoms with van der Waals surface area (Å²) in [7, 11) is 1.87. The average molecular weight is 280 g/mol. The topological polar surface area (TPSA) is 67.1 Å². The minimum Gasteiger partial charge on any atom is -0.365 e. The van der Waals surface area contributed by atoms with E-state index < -0.39 is 0 Å². The number of aromatic nitrogens is 4. The molecule has 0 aromatic carbocycles. The monoisotopic (exact) mass is 280 g/mol. The molecular formula is C10H12N6S2. The van der Waals surface area contributed by atoms with Crippen molar-refractivity contribution in [2.75, 3.05) is 17.7 Å². The second-order valence-corrected chi connectivity index (χ2v) is 5.58. The Bertz CT molecular complexity index is 635. The van der Waals surface area contributed by atoms with Crippen molar-refractivity contribution >= 4 is 37.9 Å². The van der Waals surface area contributed by atoms with Gasteiger partial charge in [0.25, 0.3) is 0 Å². The van der Waals surface area contributed by atoms with Gasteiger partial charge in [-0.25, -0.2) is 14.5 Å². The molecule has 0 unspecified atom stereocenters. The molecule has 0 fully saturated rings. The molecule has 3 aromatic heterocycles. The van der Waals surface area contributed by atoms with Crippen LogP contribution < -0.4 is 10.6 Å². The third kappa shape index (κ3) is 2.16. The van der Waals surface area contributed by atoms with Gasteiger partial charge in [0.15, 0.2) is 5.13 Å². The van der Waals surface area contributed by atoms with E-state index in [1.165, 1.54) is 11.3 Å². The Labute approximate surface area is 112 Å². The van der Waals surface area contributed by atoms with Gasteiger partial charge in [-0.3, -0.25) is 0 Å². The van der Waals surface area contributed by atoms with Crippen LogP contribution in [0.15, 0.2) is 11.6 Å². The van der Waals surface area contributed by atoms with Gasteiger partial charge in [-0.05, 0) is 6.92 Å². The highest BCUT2D eigenvalue weighted by Crippen LogP contribution is 2.20. The highest BCUT2D eigenvalue weighted by Gasteiger charge is 2.06. The highest BCUT2D eigenvalue weighted by atomic mass is 32.1. The predicted octanol–water partition coefficient (Wildman–Crippen LogP) is 2.21. The van der Waals surface area contributed by atoms with Crippen LogP contribution in [0.4, 0.5) is 10.3 Å². The van der Waals surface area contributed by atoms with Crippen molar-refractivity contribution in [3.63, 3.8) is 0 Å². The Morgan fingerprint density at radius 2 is 2.22 bits per heavy atom. The average Bonchev–Trinajstić information content (AvgIpc) is 2.99. The molecule has 6 nitrogen and oxygen atoms in total. The minimum absolute atomic E-state index is 0.674. The standard InChI is InChI=1S/C10H12N6S2/c1-6-4-16-10(13-6)18-9(15-16)12-3-7-5-17-8(11-2)14-7/h4-5H,3H2,1-2H3,(H,11,14)(H,12,15). The Kier molecular flexibility index (Phi) is 2.88. The number of hydrogen-bond donors (Lipinski definition) is 2. The van der Waals surface area contributed by atoms with Crippen LogP contribution in [0.1, 0.15) is 11.4 Å². The maximum atomic E-state index is 4.40. The molecule has 0 bridgehead atoms. The molecule has 3 aromatic rings. The van der Waals surface area contributed by atoms with Gasteiger partial charge in [-0.15, -0.1) is 16.4 Å². The maximum Gasteiger partial charge on any atom is 0.214 e. The molecule has 0 spiro atoms. The second kappa shape index (κ2) is 4.54. The van der Waals surface area contributed by atoms with Gasteiger partial charge in [0, 0.05) is 12.4 Å². The summed E-state index contributed by atoms with van der Waals surface area (Å²) in [5.41, 5.74) is 1.99. The molecule has 0 saturated heterocycles. The van der Waals surface area contributed by atoms with E-state index in [1.807, 2.05) is 25.5 Å². The molecular weight excluding hydrogens is 268 g/mol. The van der Waals surface area contributed by atoms with E-state index in [9.17, 15) is 0 Å². The van der Waals surface area contributed by atoms with Crippen LogP contribution in [-0.2, 0) is 6.54 Å². The molecule has 0 aliphatic carbocycles. The first-order valence-corrected chi connectivity index (χ1v) is 7.13. The van der Waals surface area contributed by atoms with E-state index in [-0.39, 0.29) is 0 Å². The summed E-state index contributed by atoms with van der Waals surface area (Å²) in [6.45, 7) is 2.64. The van der Waals surface area contributed by atoms with Crippen LogP contribution in [0.25, 0.3) is 4.96 Å². The molecule has 0 radical (unpaired) electrons. The van der Waals surface area contributed by atoms with Crippen molar-refractivity contribution in [1.29, 1.82) is 0 Å². The number of nitrogens with zero attached hydrogens (tertiary/aromatic N) is 4. The molecule has 94 valence electrons. The first kappa shape index (κ1) is 11.4. The van der Waals surface area contributed by atoms with Gasteiger partial charge in [0.2, 0.25) is 10.1 Å². The van der Waals surface area contributed by atoms with Crippen molar-refractivity contribution in [1.82, 2.24) is 19.6 Å². The third-order valence-electron chi connectivity index (χ3n) is 2.35. The Morgan fingerprint density at radius 1 is 1.33 bits per heavy atom. The zero-order chi connectivity index (χ0) is 12.5. The van der Waals surface area contributed by atoms with Gasteiger partial charge in [-0.1, -0.05) is 11.3 Å². The van der Waals surface area contributed by atoms with E-state index >= 15 is 0 Å². The van der Waals surface area contributed by atoms with Crippen molar-refractivity contribution in [3.05, 3.63) is 23.0 Å². The summed E-state index contributed by atoms with van der Waals surface area (Å²) in [5, 5.41) is 14.5. The predicted molar refractivity (Wildman–Crippen MR) is 74.6 cm³/mol. The SMILES string of the molecule is CNc1nc(CNc2nn3cc(C)nc3s2)cs1. The van der Waals surface area contributed by atoms with Crippen LogP contribution in [0.3, 0.4) is 0 Å². The van der Waals surface area contributed by atoms with Crippen LogP contribution >= 0.6 is 22.7 Å². The van der Waals surface area contributed by atoms with E-state index in [0.29, 0.717) is 6.54 Å². The van der Waals surface area contributed by atoms with Crippen molar-refractivity contribution < 1.29 is 0 Å². The molecule has 8 heteroatoms. The number of hydrogen-bond acceptors (Lipinski definition) is 7. The summed E-state index contributed by atoms with van der Waals surface area (Å²) >= 11 is 3.14. The molecule has 3 heterocycles. The summed E-state index contributed by atoms with van der Waals surface area (Å²) in [6.07, 6.45) is 1.92. The normalized spacial score (nSPS) is 11.0. The first-order valence-electron chi connectivity index (χ1n) is 5.43. The molecule has 0 aliphatic heterocycles. The summed E-state index contributed by atoms with van der Waals surface area (Å²) < 4.78 is 1.79. The van der Waals surface area contributed by atoms with E-state index in [0.717, 1.165) is 26.6 Å². The van der Waals surface area contributed by atoms with E-state index in [2.05, 4.69) is 25.7 Å². The molecule has 0 aliphatic rings. The lowest BCUT2D eigenvalue weighted by atomic mass is 10.5. The van der Waals surface area contributed by atoms with Gasteiger partial charge >= 0.3 is 0 Å². The zero-order valence-corrected chi connectivity index (χ0v) is 11.6. The van der Waals surface area contributed by atoms with Crippen molar-refractivity contribution in [2.24, 2.45) is 0 Å². The molecule has 18 heavy (non-hydrogen) atoms. The molecule has 3 rings (SSSR count). The second-order valence-electron chi connectivity index (χ2n) is 3.76. The highest BCUT2D eigenvalue weighted by molar-refractivity contribution is 7.20. The minimum atomic E-state index is 0.674. The lowest BCUT2D eigenvalue weighted by Gasteiger charge is -1.97. The van der Waals surface area contributed by atoms with Crippen LogP contribution in [0.2, 0.25) is 0 Å². The maximum absolute atomic E-state index is 4.40. The van der Waals surface area contributed by atoms with Crippen LogP contribution in [0, 0.1) is 6.92 Å². The lowest BCUT2D eigenvalue weighted by molar-refractivity contribution is 0.954. The summed E-state index contributed by atoms with van der Waals surface area (Å²) in [6, 6.07) is 0. The third-order valence-corrected chi connectivity index (χ3v) is 4.14. The number of anilines is 2. The van der Waals surface area contributed by atoms with Crippen LogP contribution in [0.5, 0.6) is 0 Å². The summed E-state index contributed by atoms with van der Waals surface area (Å²) in [4.78, 5) is 9.67. The Balaban J connectivity index is 1.70. The number of thiazole rings is 1. The van der Waals surface area contributed by atoms with Gasteiger partial charge in [0.05, 0.1) is 24.1 Å². The lowest BCUT2D eigenvalue weighted by Crippen LogP contribution is -2.00. The first-order chi connectivity index (χ1) is 8.74. The van der Waals surface area contributed by atoms with Crippen molar-refractivity contribution in [3.8, 4) is 0 Å². The largest absolute Gasteiger partial charge is 0.365 e. The molecule has 2 N–H and O–H groups in total. The molecule has 0 amide bonds. The number of fused-ring (bicyclic) bond motifs is 1. The molecule has 0 saturated carbocycles. The van der Waals surface area contributed by atoms with Crippen LogP contribution in [-0.4, -0.2) is 26.6 Å². The van der Waals surface area contributed by atoms with E-state index in [1.54, 1.807) is 15.9 Å². The quantitative estimate of drug-likeness (QED) is 0.767. The summed E-state index contributed by atoms with van der Waals surface area (Å²) in [5.74, 6) is 0. The van der Waals surface area contributed by atoms with Crippen molar-refractivity contribution in [2.45, 2.75) is 13.5 Å². The zero-order valence-electron chi connectivity index (χ0n) is 9.97. The Morgan fingerprint density at radius 3 is 2.94 bits per heavy atom. The molecule has 0 atom stereocenters. The Hall–Kier alpha value is -1.67. The number of aryl methyl sites for hydroxylation is 1.